The lowest BCUT2D eigenvalue weighted by Crippen LogP contribution is -2.16. The quantitative estimate of drug-likeness (QED) is 0.157. The molecule has 0 saturated carbocycles. The highest BCUT2D eigenvalue weighted by atomic mass is 15.1. The van der Waals surface area contributed by atoms with Gasteiger partial charge in [0, 0.05) is 38.9 Å². The topological polar surface area (TPSA) is 8.17 Å². The van der Waals surface area contributed by atoms with Crippen LogP contribution in [0.2, 0.25) is 0 Å². The molecule has 2 nitrogen and oxygen atoms in total. The molecule has 1 aromatic heterocycles. The van der Waals surface area contributed by atoms with E-state index in [0.717, 1.165) is 17.1 Å². The summed E-state index contributed by atoms with van der Waals surface area (Å²) in [5.74, 6) is 0. The molecule has 0 aliphatic heterocycles. The standard InChI is InChI=1S/C57H42N2/c1-57(2)53-22-11-9-20-49(53)50-34-33-48(38-54(50)57)58(47-19-13-16-43(36-47)41-26-24-40(25-27-41)39-14-5-3-6-15-39)46-31-28-42(29-32-46)44-30-35-56-52(37-44)51-21-10-12-23-55(51)59(56)45-17-7-4-8-18-45/h3-38H,1-2H3. The van der Waals surface area contributed by atoms with Crippen molar-refractivity contribution < 1.29 is 0 Å². The number of benzene rings is 9. The first kappa shape index (κ1) is 34.8. The number of anilines is 3. The highest BCUT2D eigenvalue weighted by Crippen LogP contribution is 2.51. The second-order valence-corrected chi connectivity index (χ2v) is 16.2. The van der Waals surface area contributed by atoms with Crippen molar-refractivity contribution in [1.82, 2.24) is 4.57 Å². The Kier molecular flexibility index (Phi) is 8.20. The minimum absolute atomic E-state index is 0.109. The number of rotatable bonds is 7. The summed E-state index contributed by atoms with van der Waals surface area (Å²) in [6.07, 6.45) is 0. The van der Waals surface area contributed by atoms with Crippen LogP contribution < -0.4 is 4.90 Å². The summed E-state index contributed by atoms with van der Waals surface area (Å²) < 4.78 is 2.37. The van der Waals surface area contributed by atoms with Crippen LogP contribution in [0.3, 0.4) is 0 Å². The Bertz CT molecular complexity index is 3150. The zero-order valence-electron chi connectivity index (χ0n) is 33.2. The normalized spacial score (nSPS) is 12.7. The molecule has 0 N–H and O–H groups in total. The van der Waals surface area contributed by atoms with Gasteiger partial charge in [-0.15, -0.1) is 0 Å². The lowest BCUT2D eigenvalue weighted by atomic mass is 9.82. The van der Waals surface area contributed by atoms with E-state index in [1.807, 2.05) is 0 Å². The highest BCUT2D eigenvalue weighted by Gasteiger charge is 2.35. The maximum absolute atomic E-state index is 2.42. The number of hydrogen-bond donors (Lipinski definition) is 0. The zero-order valence-corrected chi connectivity index (χ0v) is 33.2. The van der Waals surface area contributed by atoms with Gasteiger partial charge < -0.3 is 9.47 Å². The smallest absolute Gasteiger partial charge is 0.0541 e. The molecule has 1 aliphatic carbocycles. The average Bonchev–Trinajstić information content (AvgIpc) is 3.75. The summed E-state index contributed by atoms with van der Waals surface area (Å²) >= 11 is 0. The van der Waals surface area contributed by atoms with Crippen LogP contribution in [0.1, 0.15) is 25.0 Å². The molecule has 2 heteroatoms. The fourth-order valence-electron chi connectivity index (χ4n) is 9.40. The van der Waals surface area contributed by atoms with Gasteiger partial charge in [-0.2, -0.15) is 0 Å². The predicted molar refractivity (Wildman–Crippen MR) is 249 cm³/mol. The van der Waals surface area contributed by atoms with Gasteiger partial charge in [-0.05, 0) is 122 Å². The SMILES string of the molecule is CC1(C)c2ccccc2-c2ccc(N(c3ccc(-c4ccc5c(c4)c4ccccc4n5-c4ccccc4)cc3)c3cccc(-c4ccc(-c5ccccc5)cc4)c3)cc21. The third-order valence-electron chi connectivity index (χ3n) is 12.4. The third-order valence-corrected chi connectivity index (χ3v) is 12.4. The fourth-order valence-corrected chi connectivity index (χ4v) is 9.40. The zero-order chi connectivity index (χ0) is 39.5. The van der Waals surface area contributed by atoms with Gasteiger partial charge in [0.15, 0.2) is 0 Å². The van der Waals surface area contributed by atoms with E-state index in [-0.39, 0.29) is 5.41 Å². The molecular formula is C57H42N2. The van der Waals surface area contributed by atoms with E-state index in [1.54, 1.807) is 0 Å². The molecule has 0 spiro atoms. The number of nitrogens with zero attached hydrogens (tertiary/aromatic N) is 2. The van der Waals surface area contributed by atoms with Gasteiger partial charge in [0.25, 0.3) is 0 Å². The lowest BCUT2D eigenvalue weighted by Gasteiger charge is -2.28. The molecule has 9 aromatic carbocycles. The van der Waals surface area contributed by atoms with Crippen molar-refractivity contribution in [3.8, 4) is 50.2 Å². The first-order chi connectivity index (χ1) is 29.0. The highest BCUT2D eigenvalue weighted by molar-refractivity contribution is 6.10. The van der Waals surface area contributed by atoms with Gasteiger partial charge in [-0.3, -0.25) is 0 Å². The molecule has 1 aliphatic rings. The summed E-state index contributed by atoms with van der Waals surface area (Å²) in [6, 6.07) is 79.8. The van der Waals surface area contributed by atoms with Crippen LogP contribution in [0.15, 0.2) is 218 Å². The van der Waals surface area contributed by atoms with Crippen LogP contribution in [0, 0.1) is 0 Å². The Morgan fingerprint density at radius 2 is 0.864 bits per heavy atom. The van der Waals surface area contributed by atoms with Crippen molar-refractivity contribution in [2.24, 2.45) is 0 Å². The molecule has 280 valence electrons. The molecule has 0 unspecified atom stereocenters. The van der Waals surface area contributed by atoms with Gasteiger partial charge in [0.1, 0.15) is 0 Å². The summed E-state index contributed by atoms with van der Waals surface area (Å²) in [5, 5.41) is 2.51. The summed E-state index contributed by atoms with van der Waals surface area (Å²) in [5.41, 5.74) is 19.4. The van der Waals surface area contributed by atoms with Crippen molar-refractivity contribution in [1.29, 1.82) is 0 Å². The van der Waals surface area contributed by atoms with Crippen molar-refractivity contribution >= 4 is 38.9 Å². The monoisotopic (exact) mass is 754 g/mol. The van der Waals surface area contributed by atoms with Gasteiger partial charge >= 0.3 is 0 Å². The van der Waals surface area contributed by atoms with Gasteiger partial charge in [-0.25, -0.2) is 0 Å². The minimum atomic E-state index is -0.109. The van der Waals surface area contributed by atoms with Crippen molar-refractivity contribution in [2.45, 2.75) is 19.3 Å². The number of hydrogen-bond acceptors (Lipinski definition) is 1. The largest absolute Gasteiger partial charge is 0.310 e. The molecule has 10 aromatic rings. The number of aromatic nitrogens is 1. The van der Waals surface area contributed by atoms with Gasteiger partial charge in [0.2, 0.25) is 0 Å². The van der Waals surface area contributed by atoms with E-state index in [4.69, 9.17) is 0 Å². The van der Waals surface area contributed by atoms with Crippen LogP contribution in [0.25, 0.3) is 72.0 Å². The number of fused-ring (bicyclic) bond motifs is 6. The van der Waals surface area contributed by atoms with Crippen LogP contribution in [-0.4, -0.2) is 4.57 Å². The Morgan fingerprint density at radius 1 is 0.339 bits per heavy atom. The third kappa shape index (κ3) is 5.87. The Labute approximate surface area is 345 Å². The van der Waals surface area contributed by atoms with E-state index in [2.05, 4.69) is 242 Å². The second-order valence-electron chi connectivity index (χ2n) is 16.2. The molecule has 11 rings (SSSR count). The Balaban J connectivity index is 1.01. The van der Waals surface area contributed by atoms with E-state index in [0.29, 0.717) is 0 Å². The first-order valence-corrected chi connectivity index (χ1v) is 20.5. The van der Waals surface area contributed by atoms with Crippen LogP contribution >= 0.6 is 0 Å². The first-order valence-electron chi connectivity index (χ1n) is 20.5. The molecule has 0 atom stereocenters. The average molecular weight is 755 g/mol. The molecule has 1 heterocycles. The molecule has 0 fully saturated rings. The van der Waals surface area contributed by atoms with E-state index >= 15 is 0 Å². The summed E-state index contributed by atoms with van der Waals surface area (Å²) in [6.45, 7) is 4.71. The molecule has 0 saturated heterocycles. The van der Waals surface area contributed by atoms with Crippen LogP contribution in [0.4, 0.5) is 17.1 Å². The van der Waals surface area contributed by atoms with Crippen molar-refractivity contribution in [3.05, 3.63) is 230 Å². The van der Waals surface area contributed by atoms with E-state index in [1.165, 1.54) is 83.1 Å². The lowest BCUT2D eigenvalue weighted by molar-refractivity contribution is 0.660. The van der Waals surface area contributed by atoms with E-state index < -0.39 is 0 Å². The van der Waals surface area contributed by atoms with Gasteiger partial charge in [0.05, 0.1) is 11.0 Å². The van der Waals surface area contributed by atoms with Crippen LogP contribution in [0.5, 0.6) is 0 Å². The molecule has 59 heavy (non-hydrogen) atoms. The van der Waals surface area contributed by atoms with Crippen molar-refractivity contribution in [2.75, 3.05) is 4.90 Å². The predicted octanol–water partition coefficient (Wildman–Crippen LogP) is 15.6. The van der Waals surface area contributed by atoms with E-state index in [9.17, 15) is 0 Å². The summed E-state index contributed by atoms with van der Waals surface area (Å²) in [7, 11) is 0. The summed E-state index contributed by atoms with van der Waals surface area (Å²) in [4.78, 5) is 2.42. The maximum atomic E-state index is 2.42. The number of para-hydroxylation sites is 2. The molecule has 0 radical (unpaired) electrons. The Morgan fingerprint density at radius 3 is 1.64 bits per heavy atom. The van der Waals surface area contributed by atoms with Gasteiger partial charge in [-0.1, -0.05) is 166 Å². The van der Waals surface area contributed by atoms with Crippen molar-refractivity contribution in [3.63, 3.8) is 0 Å². The minimum Gasteiger partial charge on any atom is -0.310 e. The second kappa shape index (κ2) is 13.9. The molecule has 0 bridgehead atoms. The molecule has 0 amide bonds. The fraction of sp³-hybridized carbons (Fsp3) is 0.0526. The molecular weight excluding hydrogens is 713 g/mol. The maximum Gasteiger partial charge on any atom is 0.0541 e. The van der Waals surface area contributed by atoms with Crippen LogP contribution in [-0.2, 0) is 5.41 Å². The Hall–Kier alpha value is -7.42.